The number of aromatic nitrogens is 1. The molecule has 0 N–H and O–H groups in total. The van der Waals surface area contributed by atoms with Gasteiger partial charge in [0.25, 0.3) is 0 Å². The van der Waals surface area contributed by atoms with Crippen molar-refractivity contribution in [2.24, 2.45) is 0 Å². The zero-order valence-corrected chi connectivity index (χ0v) is 13.3. The van der Waals surface area contributed by atoms with Gasteiger partial charge in [-0.25, -0.2) is 0 Å². The maximum atomic E-state index is 5.54. The Labute approximate surface area is 132 Å². The van der Waals surface area contributed by atoms with Crippen molar-refractivity contribution in [2.75, 3.05) is 19.6 Å². The van der Waals surface area contributed by atoms with Crippen LogP contribution in [0.4, 0.5) is 0 Å². The first-order chi connectivity index (χ1) is 10.8. The van der Waals surface area contributed by atoms with E-state index in [2.05, 4.69) is 39.9 Å². The molecule has 1 fully saturated rings. The van der Waals surface area contributed by atoms with E-state index in [4.69, 9.17) is 4.42 Å². The Morgan fingerprint density at radius 3 is 2.95 bits per heavy atom. The van der Waals surface area contributed by atoms with Crippen LogP contribution in [0.2, 0.25) is 0 Å². The van der Waals surface area contributed by atoms with Gasteiger partial charge in [-0.2, -0.15) is 0 Å². The Kier molecular flexibility index (Phi) is 5.24. The molecule has 3 heterocycles. The number of pyridine rings is 1. The fourth-order valence-electron chi connectivity index (χ4n) is 3.34. The molecule has 1 aliphatic heterocycles. The minimum atomic E-state index is 0.656. The van der Waals surface area contributed by atoms with E-state index in [1.165, 1.54) is 19.4 Å². The number of likely N-dealkylation sites (N-methyl/N-ethyl adjacent to an activating group) is 1. The van der Waals surface area contributed by atoms with Crippen molar-refractivity contribution in [3.05, 3.63) is 54.2 Å². The molecule has 22 heavy (non-hydrogen) atoms. The second kappa shape index (κ2) is 7.56. The zero-order valence-electron chi connectivity index (χ0n) is 13.3. The quantitative estimate of drug-likeness (QED) is 0.786. The van der Waals surface area contributed by atoms with E-state index in [0.29, 0.717) is 6.04 Å². The normalized spacial score (nSPS) is 19.1. The van der Waals surface area contributed by atoms with Gasteiger partial charge in [0.05, 0.1) is 18.5 Å². The third-order valence-electron chi connectivity index (χ3n) is 4.45. The number of nitrogens with zero attached hydrogens (tertiary/aromatic N) is 3. The summed E-state index contributed by atoms with van der Waals surface area (Å²) in [6, 6.07) is 10.8. The molecular weight excluding hydrogens is 274 g/mol. The van der Waals surface area contributed by atoms with Gasteiger partial charge in [0.2, 0.25) is 0 Å². The van der Waals surface area contributed by atoms with E-state index in [9.17, 15) is 0 Å². The molecular formula is C18H25N3O. The van der Waals surface area contributed by atoms with Gasteiger partial charge >= 0.3 is 0 Å². The predicted molar refractivity (Wildman–Crippen MR) is 87.3 cm³/mol. The molecule has 0 radical (unpaired) electrons. The van der Waals surface area contributed by atoms with Gasteiger partial charge in [-0.3, -0.25) is 14.8 Å². The van der Waals surface area contributed by atoms with Crippen LogP contribution >= 0.6 is 0 Å². The Balaban J connectivity index is 1.68. The molecule has 2 aromatic rings. The van der Waals surface area contributed by atoms with Crippen molar-refractivity contribution in [2.45, 2.75) is 38.9 Å². The highest BCUT2D eigenvalue weighted by molar-refractivity contribution is 5.05. The summed E-state index contributed by atoms with van der Waals surface area (Å²) in [7, 11) is 0. The number of hydrogen-bond donors (Lipinski definition) is 0. The summed E-state index contributed by atoms with van der Waals surface area (Å²) in [5, 5.41) is 0. The summed E-state index contributed by atoms with van der Waals surface area (Å²) >= 11 is 0. The average molecular weight is 299 g/mol. The second-order valence-corrected chi connectivity index (χ2v) is 5.99. The van der Waals surface area contributed by atoms with Crippen LogP contribution in [0, 0.1) is 0 Å². The van der Waals surface area contributed by atoms with Gasteiger partial charge in [0.1, 0.15) is 5.76 Å². The topological polar surface area (TPSA) is 32.5 Å². The summed E-state index contributed by atoms with van der Waals surface area (Å²) in [6.45, 7) is 7.43. The van der Waals surface area contributed by atoms with Gasteiger partial charge in [-0.1, -0.05) is 13.0 Å². The molecule has 0 aliphatic carbocycles. The standard InChI is InChI=1S/C18H25N3O/c1-2-21-11-5-8-17(21)14-20(15-18-9-6-12-22-18)13-16-7-3-4-10-19-16/h3-4,6-7,9-10,12,17H,2,5,8,11,13-15H2,1H3/t17-/m0/s1. The third kappa shape index (κ3) is 3.96. The molecule has 1 aliphatic rings. The lowest BCUT2D eigenvalue weighted by Crippen LogP contribution is -2.39. The lowest BCUT2D eigenvalue weighted by molar-refractivity contribution is 0.157. The van der Waals surface area contributed by atoms with Gasteiger partial charge in [0.15, 0.2) is 0 Å². The van der Waals surface area contributed by atoms with Crippen molar-refractivity contribution in [1.82, 2.24) is 14.8 Å². The van der Waals surface area contributed by atoms with Crippen LogP contribution in [0.5, 0.6) is 0 Å². The molecule has 2 aromatic heterocycles. The number of rotatable bonds is 7. The van der Waals surface area contributed by atoms with Gasteiger partial charge < -0.3 is 4.42 Å². The lowest BCUT2D eigenvalue weighted by Gasteiger charge is -2.29. The summed E-state index contributed by atoms with van der Waals surface area (Å²) in [6.07, 6.45) is 6.23. The highest BCUT2D eigenvalue weighted by Gasteiger charge is 2.25. The summed E-state index contributed by atoms with van der Waals surface area (Å²) in [4.78, 5) is 9.52. The van der Waals surface area contributed by atoms with Crippen molar-refractivity contribution >= 4 is 0 Å². The molecule has 1 atom stereocenters. The van der Waals surface area contributed by atoms with Crippen LogP contribution in [0.15, 0.2) is 47.2 Å². The van der Waals surface area contributed by atoms with E-state index >= 15 is 0 Å². The summed E-state index contributed by atoms with van der Waals surface area (Å²) < 4.78 is 5.54. The molecule has 0 bridgehead atoms. The van der Waals surface area contributed by atoms with Gasteiger partial charge in [-0.15, -0.1) is 0 Å². The third-order valence-corrected chi connectivity index (χ3v) is 4.45. The molecule has 0 saturated carbocycles. The fraction of sp³-hybridized carbons (Fsp3) is 0.500. The van der Waals surface area contributed by atoms with E-state index in [0.717, 1.165) is 37.6 Å². The largest absolute Gasteiger partial charge is 0.468 e. The summed E-state index contributed by atoms with van der Waals surface area (Å²) in [5.41, 5.74) is 1.12. The van der Waals surface area contributed by atoms with Crippen LogP contribution in [0.1, 0.15) is 31.2 Å². The molecule has 4 nitrogen and oxygen atoms in total. The molecule has 0 unspecified atom stereocenters. The Morgan fingerprint density at radius 1 is 1.27 bits per heavy atom. The van der Waals surface area contributed by atoms with Crippen LogP contribution in [-0.2, 0) is 13.1 Å². The highest BCUT2D eigenvalue weighted by atomic mass is 16.3. The Bertz CT molecular complexity index is 541. The van der Waals surface area contributed by atoms with Gasteiger partial charge in [-0.05, 0) is 50.2 Å². The molecule has 3 rings (SSSR count). The number of hydrogen-bond acceptors (Lipinski definition) is 4. The SMILES string of the molecule is CCN1CCC[C@H]1CN(Cc1ccccn1)Cc1ccco1. The average Bonchev–Trinajstić information content (AvgIpc) is 3.20. The van der Waals surface area contributed by atoms with Crippen molar-refractivity contribution in [3.63, 3.8) is 0 Å². The smallest absolute Gasteiger partial charge is 0.117 e. The molecule has 1 saturated heterocycles. The van der Waals surface area contributed by atoms with Crippen LogP contribution in [-0.4, -0.2) is 40.5 Å². The fourth-order valence-corrected chi connectivity index (χ4v) is 3.34. The Hall–Kier alpha value is -1.65. The number of furan rings is 1. The molecule has 0 spiro atoms. The van der Waals surface area contributed by atoms with E-state index in [1.54, 1.807) is 6.26 Å². The maximum Gasteiger partial charge on any atom is 0.117 e. The first-order valence-corrected chi connectivity index (χ1v) is 8.24. The first kappa shape index (κ1) is 15.3. The van der Waals surface area contributed by atoms with Crippen molar-refractivity contribution in [1.29, 1.82) is 0 Å². The van der Waals surface area contributed by atoms with Gasteiger partial charge in [0, 0.05) is 25.3 Å². The minimum absolute atomic E-state index is 0.656. The van der Waals surface area contributed by atoms with E-state index in [-0.39, 0.29) is 0 Å². The minimum Gasteiger partial charge on any atom is -0.468 e. The molecule has 4 heteroatoms. The van der Waals surface area contributed by atoms with Crippen LogP contribution in [0.3, 0.4) is 0 Å². The second-order valence-electron chi connectivity index (χ2n) is 5.99. The molecule has 118 valence electrons. The summed E-state index contributed by atoms with van der Waals surface area (Å²) in [5.74, 6) is 1.02. The monoisotopic (exact) mass is 299 g/mol. The number of likely N-dealkylation sites (tertiary alicyclic amines) is 1. The zero-order chi connectivity index (χ0) is 15.2. The van der Waals surface area contributed by atoms with Crippen molar-refractivity contribution in [3.8, 4) is 0 Å². The van der Waals surface area contributed by atoms with Crippen molar-refractivity contribution < 1.29 is 4.42 Å². The predicted octanol–water partition coefficient (Wildman–Crippen LogP) is 3.16. The van der Waals surface area contributed by atoms with Crippen LogP contribution in [0.25, 0.3) is 0 Å². The van der Waals surface area contributed by atoms with E-state index in [1.807, 2.05) is 18.3 Å². The van der Waals surface area contributed by atoms with Crippen LogP contribution < -0.4 is 0 Å². The first-order valence-electron chi connectivity index (χ1n) is 8.24. The maximum absolute atomic E-state index is 5.54. The highest BCUT2D eigenvalue weighted by Crippen LogP contribution is 2.19. The lowest BCUT2D eigenvalue weighted by atomic mass is 10.2. The molecule has 0 amide bonds. The Morgan fingerprint density at radius 2 is 2.23 bits per heavy atom. The van der Waals surface area contributed by atoms with E-state index < -0.39 is 0 Å². The molecule has 0 aromatic carbocycles.